The standard InChI is InChI=1S/C35H36NO3.BF4/c1-6-37-28-19-15-25(16-20-28)27-23-30(39-33(24-27)26-17-21-29(22-18-26)38-7-2)11-10-14-34-35(3,4)31-12-8-9-13-32(31)36(34)5;2-1(3,4)5/h8-24H,6-7H2,1-5H3;/q+1;-1/b14-10+,30-11+;. The Labute approximate surface area is 256 Å². The highest BCUT2D eigenvalue weighted by molar-refractivity contribution is 6.50. The number of nitrogens with zero attached hydrogens (tertiary/aromatic N) is 1. The number of benzene rings is 3. The van der Waals surface area contributed by atoms with Gasteiger partial charge in [0.1, 0.15) is 30.1 Å². The summed E-state index contributed by atoms with van der Waals surface area (Å²) in [6.07, 6.45) is 10.5. The number of para-hydroxylation sites is 1. The number of ether oxygens (including phenoxy) is 3. The molecule has 0 amide bonds. The number of rotatable bonds is 8. The largest absolute Gasteiger partial charge is 0.673 e. The smallest absolute Gasteiger partial charge is 0.494 e. The van der Waals surface area contributed by atoms with Gasteiger partial charge in [0.05, 0.1) is 18.6 Å². The average Bonchev–Trinajstić information content (AvgIpc) is 3.18. The van der Waals surface area contributed by atoms with Crippen molar-refractivity contribution in [1.29, 1.82) is 0 Å². The highest BCUT2D eigenvalue weighted by atomic mass is 19.5. The fourth-order valence-electron chi connectivity index (χ4n) is 5.24. The Morgan fingerprint density at radius 1 is 0.795 bits per heavy atom. The third-order valence-electron chi connectivity index (χ3n) is 7.22. The van der Waals surface area contributed by atoms with Crippen molar-refractivity contribution >= 4 is 30.0 Å². The van der Waals surface area contributed by atoms with Crippen molar-refractivity contribution in [3.63, 3.8) is 0 Å². The Bertz CT molecular complexity index is 1610. The van der Waals surface area contributed by atoms with E-state index in [0.29, 0.717) is 13.2 Å². The summed E-state index contributed by atoms with van der Waals surface area (Å²) >= 11 is 0. The molecule has 2 aliphatic heterocycles. The van der Waals surface area contributed by atoms with Crippen LogP contribution in [0.1, 0.15) is 44.4 Å². The summed E-state index contributed by atoms with van der Waals surface area (Å²) in [6.45, 7) is 9.81. The van der Waals surface area contributed by atoms with Crippen LogP contribution in [0.15, 0.2) is 109 Å². The van der Waals surface area contributed by atoms with Crippen LogP contribution in [0.3, 0.4) is 0 Å². The van der Waals surface area contributed by atoms with Crippen LogP contribution in [0.4, 0.5) is 23.0 Å². The van der Waals surface area contributed by atoms with Crippen molar-refractivity contribution in [3.8, 4) is 11.5 Å². The van der Waals surface area contributed by atoms with Crippen LogP contribution in [-0.4, -0.2) is 37.8 Å². The molecule has 2 heterocycles. The van der Waals surface area contributed by atoms with Crippen molar-refractivity contribution in [1.82, 2.24) is 0 Å². The van der Waals surface area contributed by atoms with Crippen LogP contribution in [0.25, 0.3) is 11.3 Å². The number of halogens is 4. The van der Waals surface area contributed by atoms with Gasteiger partial charge in [-0.25, -0.2) is 0 Å². The minimum absolute atomic E-state index is 0.0789. The zero-order chi connectivity index (χ0) is 31.9. The molecule has 44 heavy (non-hydrogen) atoms. The second-order valence-electron chi connectivity index (χ2n) is 10.6. The first kappa shape index (κ1) is 32.4. The average molecular weight is 605 g/mol. The first-order chi connectivity index (χ1) is 20.9. The molecule has 0 N–H and O–H groups in total. The molecule has 3 aromatic carbocycles. The lowest BCUT2D eigenvalue weighted by molar-refractivity contribution is -0.401. The fourth-order valence-corrected chi connectivity index (χ4v) is 5.24. The van der Waals surface area contributed by atoms with E-state index < -0.39 is 7.25 Å². The van der Waals surface area contributed by atoms with Gasteiger partial charge in [-0.05, 0) is 93.5 Å². The lowest BCUT2D eigenvalue weighted by atomic mass is 9.81. The van der Waals surface area contributed by atoms with Crippen molar-refractivity contribution in [2.24, 2.45) is 0 Å². The molecule has 0 unspecified atom stereocenters. The fraction of sp³-hybridized carbons (Fsp3) is 0.229. The molecule has 3 aromatic rings. The zero-order valence-electron chi connectivity index (χ0n) is 25.5. The summed E-state index contributed by atoms with van der Waals surface area (Å²) in [5.74, 6) is 3.28. The third-order valence-corrected chi connectivity index (χ3v) is 7.22. The van der Waals surface area contributed by atoms with Crippen molar-refractivity contribution in [2.45, 2.75) is 33.1 Å². The Balaban J connectivity index is 0.000000818. The van der Waals surface area contributed by atoms with Gasteiger partial charge >= 0.3 is 7.25 Å². The highest BCUT2D eigenvalue weighted by Gasteiger charge is 2.42. The van der Waals surface area contributed by atoms with E-state index in [0.717, 1.165) is 39.7 Å². The minimum atomic E-state index is -6.00. The maximum atomic E-state index is 9.75. The lowest BCUT2D eigenvalue weighted by Gasteiger charge is -2.19. The van der Waals surface area contributed by atoms with Gasteiger partial charge in [-0.15, -0.1) is 0 Å². The maximum Gasteiger partial charge on any atom is 0.673 e. The summed E-state index contributed by atoms with van der Waals surface area (Å²) in [4.78, 5) is 0. The quantitative estimate of drug-likeness (QED) is 0.146. The van der Waals surface area contributed by atoms with E-state index in [9.17, 15) is 17.3 Å². The van der Waals surface area contributed by atoms with Gasteiger partial charge < -0.3 is 31.5 Å². The monoisotopic (exact) mass is 605 g/mol. The van der Waals surface area contributed by atoms with E-state index in [4.69, 9.17) is 14.2 Å². The van der Waals surface area contributed by atoms with Gasteiger partial charge in [0.15, 0.2) is 5.71 Å². The predicted molar refractivity (Wildman–Crippen MR) is 170 cm³/mol. The molecule has 4 nitrogen and oxygen atoms in total. The lowest BCUT2D eigenvalue weighted by Crippen LogP contribution is -2.26. The van der Waals surface area contributed by atoms with Gasteiger partial charge in [-0.1, -0.05) is 36.4 Å². The molecule has 0 spiro atoms. The third kappa shape index (κ3) is 8.10. The molecule has 2 aliphatic rings. The van der Waals surface area contributed by atoms with E-state index in [1.165, 1.54) is 17.0 Å². The normalized spacial score (nSPS) is 16.5. The van der Waals surface area contributed by atoms with Crippen LogP contribution in [0.5, 0.6) is 11.5 Å². The van der Waals surface area contributed by atoms with Gasteiger partial charge in [0.25, 0.3) is 0 Å². The second-order valence-corrected chi connectivity index (χ2v) is 10.6. The molecule has 9 heteroatoms. The van der Waals surface area contributed by atoms with Crippen molar-refractivity contribution < 1.29 is 36.0 Å². The molecule has 0 saturated heterocycles. The Kier molecular flexibility index (Phi) is 10.2. The molecule has 0 bridgehead atoms. The molecule has 0 radical (unpaired) electrons. The Morgan fingerprint density at radius 3 is 1.89 bits per heavy atom. The molecule has 0 aliphatic carbocycles. The van der Waals surface area contributed by atoms with E-state index in [1.807, 2.05) is 56.3 Å². The van der Waals surface area contributed by atoms with Crippen LogP contribution in [0, 0.1) is 0 Å². The summed E-state index contributed by atoms with van der Waals surface area (Å²) in [6, 6.07) is 24.8. The molecule has 0 saturated carbocycles. The predicted octanol–water partition coefficient (Wildman–Crippen LogP) is 9.38. The minimum Gasteiger partial charge on any atom is -0.494 e. The van der Waals surface area contributed by atoms with E-state index in [-0.39, 0.29) is 5.41 Å². The summed E-state index contributed by atoms with van der Waals surface area (Å²) in [5, 5.41) is 0. The van der Waals surface area contributed by atoms with Crippen molar-refractivity contribution in [2.75, 3.05) is 20.3 Å². The molecular formula is C35H36BF4NO3. The van der Waals surface area contributed by atoms with Crippen LogP contribution in [-0.2, 0) is 10.2 Å². The van der Waals surface area contributed by atoms with E-state index in [2.05, 4.69) is 86.2 Å². The van der Waals surface area contributed by atoms with Crippen LogP contribution in [0.2, 0.25) is 0 Å². The van der Waals surface area contributed by atoms with Crippen molar-refractivity contribution in [3.05, 3.63) is 126 Å². The van der Waals surface area contributed by atoms with Gasteiger partial charge in [0.2, 0.25) is 5.69 Å². The number of allylic oxidation sites excluding steroid dienone is 6. The number of hydrogen-bond acceptors (Lipinski definition) is 3. The topological polar surface area (TPSA) is 30.7 Å². The first-order valence-electron chi connectivity index (χ1n) is 14.4. The summed E-state index contributed by atoms with van der Waals surface area (Å²) < 4.78 is 58.9. The van der Waals surface area contributed by atoms with E-state index >= 15 is 0 Å². The molecule has 0 aromatic heterocycles. The first-order valence-corrected chi connectivity index (χ1v) is 14.4. The van der Waals surface area contributed by atoms with Crippen LogP contribution >= 0.6 is 0 Å². The molecule has 0 atom stereocenters. The number of hydrogen-bond donors (Lipinski definition) is 0. The van der Waals surface area contributed by atoms with Gasteiger partial charge in [-0.2, -0.15) is 4.58 Å². The van der Waals surface area contributed by atoms with Gasteiger partial charge in [0, 0.05) is 23.3 Å². The Morgan fingerprint density at radius 2 is 1.34 bits per heavy atom. The molecule has 5 rings (SSSR count). The molecule has 0 fully saturated rings. The second kappa shape index (κ2) is 13.8. The van der Waals surface area contributed by atoms with E-state index in [1.54, 1.807) is 0 Å². The summed E-state index contributed by atoms with van der Waals surface area (Å²) in [5.41, 5.74) is 6.92. The number of fused-ring (bicyclic) bond motifs is 1. The maximum absolute atomic E-state index is 9.75. The molecular weight excluding hydrogens is 569 g/mol. The van der Waals surface area contributed by atoms with Crippen LogP contribution < -0.4 is 9.47 Å². The Hall–Kier alpha value is -4.53. The SMILES string of the molecule is CCOc1ccc(C2=C/C(=C\C=C\C3=[N+](C)c4ccccc4C3(C)C)OC(c3ccc(OCC)cc3)=C2)cc1.F[B-](F)(F)F. The highest BCUT2D eigenvalue weighted by Crippen LogP contribution is 2.39. The molecule has 230 valence electrons. The van der Waals surface area contributed by atoms with Gasteiger partial charge in [-0.3, -0.25) is 0 Å². The summed E-state index contributed by atoms with van der Waals surface area (Å²) in [7, 11) is -3.87. The zero-order valence-corrected chi connectivity index (χ0v) is 25.5.